The third-order valence-corrected chi connectivity index (χ3v) is 22.8. The maximum Gasteiger partial charge on any atom is 2.00 e. The van der Waals surface area contributed by atoms with Crippen LogP contribution in [0.3, 0.4) is 0 Å². The summed E-state index contributed by atoms with van der Waals surface area (Å²) in [6, 6.07) is 120. The SMILES string of the molecule is C[N+]1=CC(c2cccc(N(CN=Cc3coc4ocnc34)c3ccccc3)n2)c2[n-]c[n+](C)c21.Cn1[c-]c(-c2nc3c(ccn3-c3cccc(-n4[c-]ccc4)n3)o2)c2ccccc21.[Zn+2].[Zn+2].[Zn+2].[Zn].[c-]1ccccc1-c1cccc(-n2c3ccccc3c3ccc(-c4[c-]cccc4)nc32)n1.[c-]1coc2cccc(-c3cccc(N(c4ccccc4)c4cccc(-n5ccc6ccc[c-]c65)n4)n3)c12. The predicted molar refractivity (Wildman–Crippen MR) is 508 cm³/mol. The molecule has 1 atom stereocenters. The van der Waals surface area contributed by atoms with Crippen molar-refractivity contribution in [1.29, 1.82) is 0 Å². The number of para-hydroxylation sites is 5. The van der Waals surface area contributed by atoms with Gasteiger partial charge in [0.15, 0.2) is 23.1 Å². The molecular weight excluding hydrogens is 1890 g/mol. The van der Waals surface area contributed by atoms with Gasteiger partial charge in [-0.15, -0.1) is 123 Å². The average molecular weight is 1960 g/mol. The minimum Gasteiger partial charge on any atom is -0.535 e. The Hall–Kier alpha value is -15.5. The van der Waals surface area contributed by atoms with E-state index in [1.54, 1.807) is 18.7 Å². The van der Waals surface area contributed by atoms with Crippen LogP contribution >= 0.6 is 0 Å². The molecule has 0 bridgehead atoms. The van der Waals surface area contributed by atoms with Gasteiger partial charge in [0.05, 0.1) is 42.9 Å². The molecule has 16 aromatic heterocycles. The molecule has 0 N–H and O–H groups in total. The second kappa shape index (κ2) is 39.9. The number of benzene rings is 8. The first kappa shape index (κ1) is 90.1. The van der Waals surface area contributed by atoms with Crippen LogP contribution in [0.15, 0.2) is 388 Å². The van der Waals surface area contributed by atoms with Gasteiger partial charge in [-0.25, -0.2) is 29.5 Å². The first-order chi connectivity index (χ1) is 64.7. The summed E-state index contributed by atoms with van der Waals surface area (Å²) in [4.78, 5) is 52.3. The van der Waals surface area contributed by atoms with Gasteiger partial charge in [-0.3, -0.25) is 38.6 Å². The van der Waals surface area contributed by atoms with Gasteiger partial charge in [-0.1, -0.05) is 180 Å². The van der Waals surface area contributed by atoms with Gasteiger partial charge in [-0.2, -0.15) is 30.3 Å². The number of hydrogen-bond donors (Lipinski definition) is 0. The number of anilines is 5. The van der Waals surface area contributed by atoms with Gasteiger partial charge in [0.25, 0.3) is 5.82 Å². The van der Waals surface area contributed by atoms with E-state index in [1.165, 1.54) is 6.39 Å². The molecule has 1 unspecified atom stereocenters. The second-order valence-electron chi connectivity index (χ2n) is 30.9. The summed E-state index contributed by atoms with van der Waals surface area (Å²) in [6.45, 7) is 0.369. The summed E-state index contributed by atoms with van der Waals surface area (Å²) in [5.41, 5.74) is 18.0. The number of pyridine rings is 6. The molecule has 1 aliphatic heterocycles. The van der Waals surface area contributed by atoms with Crippen molar-refractivity contribution < 1.29 is 105 Å². The fourth-order valence-corrected chi connectivity index (χ4v) is 16.7. The van der Waals surface area contributed by atoms with Crippen molar-refractivity contribution in [2.24, 2.45) is 19.1 Å². The maximum absolute atomic E-state index is 6.06. The van der Waals surface area contributed by atoms with E-state index in [1.807, 2.05) is 313 Å². The van der Waals surface area contributed by atoms with Gasteiger partial charge in [-0.05, 0) is 103 Å². The zero-order valence-corrected chi connectivity index (χ0v) is 85.4. The van der Waals surface area contributed by atoms with Crippen molar-refractivity contribution in [1.82, 2.24) is 67.7 Å². The van der Waals surface area contributed by atoms with Gasteiger partial charge in [0, 0.05) is 77.6 Å². The Morgan fingerprint density at radius 2 is 1.19 bits per heavy atom. The second-order valence-corrected chi connectivity index (χ2v) is 30.9. The molecule has 0 aliphatic carbocycles. The smallest absolute Gasteiger partial charge is 0.535 e. The van der Waals surface area contributed by atoms with Crippen molar-refractivity contribution in [3.63, 3.8) is 0 Å². The normalized spacial score (nSPS) is 12.0. The Morgan fingerprint density at radius 1 is 0.504 bits per heavy atom. The molecule has 0 amide bonds. The first-order valence-corrected chi connectivity index (χ1v) is 42.3. The number of rotatable bonds is 17. The minimum absolute atomic E-state index is 0. The van der Waals surface area contributed by atoms with Crippen molar-refractivity contribution >= 4 is 124 Å². The zero-order chi connectivity index (χ0) is 87.7. The van der Waals surface area contributed by atoms with Gasteiger partial charge in [0.1, 0.15) is 65.3 Å². The average Bonchev–Trinajstić information content (AvgIpc) is 1.59. The molecule has 27 heteroatoms. The summed E-state index contributed by atoms with van der Waals surface area (Å²) in [5.74, 6) is 7.56. The Kier molecular flexibility index (Phi) is 26.6. The molecule has 25 rings (SSSR count). The Bertz CT molecular complexity index is 8330. The number of nitrogens with zero attached hydrogens (tertiary/aromatic N) is 19. The number of aliphatic imine (C=N–C) groups is 1. The van der Waals surface area contributed by atoms with Gasteiger partial charge in [0.2, 0.25) is 12.0 Å². The molecule has 0 saturated carbocycles. The fraction of sp³-hybridized carbons (Fsp3) is 0.0463. The number of aromatic nitrogens is 15. The van der Waals surface area contributed by atoms with E-state index in [4.69, 9.17) is 52.6 Å². The quantitative estimate of drug-likeness (QED) is 0.0358. The Labute approximate surface area is 825 Å². The molecule has 135 heavy (non-hydrogen) atoms. The zero-order valence-electron chi connectivity index (χ0n) is 73.5. The van der Waals surface area contributed by atoms with Crippen LogP contribution in [-0.4, -0.2) is 93.4 Å². The first-order valence-electron chi connectivity index (χ1n) is 42.3. The van der Waals surface area contributed by atoms with Crippen LogP contribution in [-0.2, 0) is 92.0 Å². The van der Waals surface area contributed by atoms with E-state index >= 15 is 0 Å². The number of hydrogen-bond acceptors (Lipinski definition) is 15. The minimum atomic E-state index is -0.00588. The summed E-state index contributed by atoms with van der Waals surface area (Å²) >= 11 is 0. The largest absolute Gasteiger partial charge is 2.00 e. The number of aryl methyl sites for hydroxylation is 2. The molecule has 632 valence electrons. The van der Waals surface area contributed by atoms with Crippen LogP contribution in [0.25, 0.3) is 146 Å². The van der Waals surface area contributed by atoms with Gasteiger partial charge >= 0.3 is 64.2 Å². The van der Waals surface area contributed by atoms with E-state index in [2.05, 4.69) is 154 Å². The summed E-state index contributed by atoms with van der Waals surface area (Å²) in [6.07, 6.45) is 22.6. The van der Waals surface area contributed by atoms with E-state index < -0.39 is 0 Å². The van der Waals surface area contributed by atoms with Crippen LogP contribution < -0.4 is 19.4 Å². The van der Waals surface area contributed by atoms with Crippen LogP contribution in [0, 0.1) is 36.7 Å². The molecular formula is C108H74N19O4Zn4+. The van der Waals surface area contributed by atoms with Crippen molar-refractivity contribution in [3.8, 4) is 68.5 Å². The van der Waals surface area contributed by atoms with Crippen LogP contribution in [0.5, 0.6) is 0 Å². The molecule has 1 aliphatic rings. The van der Waals surface area contributed by atoms with Crippen molar-refractivity contribution in [2.75, 3.05) is 23.5 Å². The van der Waals surface area contributed by atoms with Crippen molar-refractivity contribution in [3.05, 3.63) is 419 Å². The topological polar surface area (TPSA) is 220 Å². The van der Waals surface area contributed by atoms with Crippen LogP contribution in [0.2, 0.25) is 0 Å². The van der Waals surface area contributed by atoms with Crippen LogP contribution in [0.4, 0.5) is 34.6 Å². The maximum atomic E-state index is 6.06. The third-order valence-electron chi connectivity index (χ3n) is 22.8. The molecule has 0 fully saturated rings. The molecule has 8 aromatic carbocycles. The van der Waals surface area contributed by atoms with Crippen LogP contribution in [0.1, 0.15) is 22.9 Å². The standard InChI is InChI=1S/C32H20N4O.C28H17N3.C25H22N7O2.C23H15N5O.4Zn/c1-2-10-24(11-3-1)36(31-17-7-13-27(33-31)25-12-6-15-29-26(25)20-22-37-29)32-18-8-16-30(34-32)35-21-19-23-9-4-5-14-28(23)35;1-3-10-20(11-4-1)24-15-9-17-27(29-24)31-26-16-8-7-14-22(26)23-18-19-25(30-28(23)31)21-12-5-2-6-13-21;1-30-12-19(23-24(30)31(2)15-27-23)20-9-6-10-21(29-20)32(18-7-4-3-5-8-18)14-26-11-17-13-33-25-22(17)28-16-34-25;1-26-15-17(16-7-2-3-8-18(16)26)23-25-22-19(29-23)11-14-28(22)21-10-6-9-20(24-21)27-12-4-5-13-27;;;;/h1-13,15-19,21-22H;1-10,12,14-19H;3-13,15-16,19H,14H2,1-2H3;2-12,14H,1H3;;;;/q2*-2;+1;-2;;3*+2. The molecule has 23 nitrogen and oxygen atoms in total. The molecule has 0 radical (unpaired) electrons. The van der Waals surface area contributed by atoms with E-state index in [-0.39, 0.29) is 83.8 Å². The summed E-state index contributed by atoms with van der Waals surface area (Å²) < 4.78 is 36.3. The molecule has 0 spiro atoms. The molecule has 24 aromatic rings. The number of fused-ring (bicyclic) bond motifs is 9. The predicted octanol–water partition coefficient (Wildman–Crippen LogP) is 22.3. The third kappa shape index (κ3) is 17.9. The molecule has 17 heterocycles. The van der Waals surface area contributed by atoms with Crippen molar-refractivity contribution in [2.45, 2.75) is 5.92 Å². The fourth-order valence-electron chi connectivity index (χ4n) is 16.7. The van der Waals surface area contributed by atoms with E-state index in [9.17, 15) is 0 Å². The Balaban J connectivity index is 0.000000119. The summed E-state index contributed by atoms with van der Waals surface area (Å²) in [7, 11) is 6.02. The van der Waals surface area contributed by atoms with Gasteiger partial charge < -0.3 is 36.3 Å². The van der Waals surface area contributed by atoms with E-state index in [0.717, 1.165) is 175 Å². The molecule has 0 saturated heterocycles. The van der Waals surface area contributed by atoms with E-state index in [0.29, 0.717) is 29.4 Å². The monoisotopic (exact) mass is 1960 g/mol. The number of furan rings is 2. The number of oxazole rings is 2. The number of imidazole rings is 1. The Morgan fingerprint density at radius 3 is 1.99 bits per heavy atom. The summed E-state index contributed by atoms with van der Waals surface area (Å²) in [5, 5.41) is 5.36.